The van der Waals surface area contributed by atoms with E-state index in [-0.39, 0.29) is 36.6 Å². The number of halogens is 6. The summed E-state index contributed by atoms with van der Waals surface area (Å²) in [7, 11) is 0. The van der Waals surface area contributed by atoms with Gasteiger partial charge >= 0.3 is 6.36 Å². The van der Waals surface area contributed by atoms with Gasteiger partial charge in [0, 0.05) is 37.8 Å². The number of hydrogen-bond acceptors (Lipinski definition) is 3. The number of benzene rings is 1. The summed E-state index contributed by atoms with van der Waals surface area (Å²) in [5.41, 5.74) is 0.318. The molecule has 0 unspecified atom stereocenters. The van der Waals surface area contributed by atoms with Gasteiger partial charge in [-0.3, -0.25) is 4.90 Å². The van der Waals surface area contributed by atoms with Gasteiger partial charge in [-0.25, -0.2) is 4.39 Å². The molecule has 2 fully saturated rings. The number of rotatable bonds is 4. The minimum Gasteiger partial charge on any atom is -0.406 e. The van der Waals surface area contributed by atoms with Crippen LogP contribution in [0.15, 0.2) is 18.2 Å². The average molecular weight is 405 g/mol. The maximum absolute atomic E-state index is 14.3. The van der Waals surface area contributed by atoms with E-state index in [0.717, 1.165) is 57.6 Å². The molecule has 1 aliphatic heterocycles. The Morgan fingerprint density at radius 1 is 1.12 bits per heavy atom. The number of nitrogens with zero attached hydrogens (tertiary/aromatic N) is 1. The molecule has 1 aromatic carbocycles. The molecule has 0 spiro atoms. The zero-order valence-electron chi connectivity index (χ0n) is 13.5. The minimum absolute atomic E-state index is 0. The Morgan fingerprint density at radius 3 is 2.28 bits per heavy atom. The Balaban J connectivity index is 0.00000156. The minimum atomic E-state index is -4.77. The first-order valence-corrected chi connectivity index (χ1v) is 7.94. The Bertz CT molecular complexity index is 549. The molecule has 0 bridgehead atoms. The molecule has 1 aliphatic carbocycles. The molecule has 0 amide bonds. The molecule has 1 saturated carbocycles. The van der Waals surface area contributed by atoms with Gasteiger partial charge < -0.3 is 10.1 Å². The Kier molecular flexibility index (Phi) is 8.25. The lowest BCUT2D eigenvalue weighted by Gasteiger charge is -2.43. The van der Waals surface area contributed by atoms with Crippen LogP contribution in [-0.2, 0) is 0 Å². The fourth-order valence-electron chi connectivity index (χ4n) is 3.41. The molecule has 1 heterocycles. The Morgan fingerprint density at radius 2 is 1.76 bits per heavy atom. The van der Waals surface area contributed by atoms with Crippen molar-refractivity contribution in [3.8, 4) is 5.75 Å². The summed E-state index contributed by atoms with van der Waals surface area (Å²) >= 11 is 0. The van der Waals surface area contributed by atoms with E-state index in [4.69, 9.17) is 0 Å². The van der Waals surface area contributed by atoms with Crippen LogP contribution in [0.5, 0.6) is 5.75 Å². The highest BCUT2D eigenvalue weighted by Crippen LogP contribution is 2.43. The van der Waals surface area contributed by atoms with Crippen molar-refractivity contribution >= 4 is 24.8 Å². The predicted octanol–water partition coefficient (Wildman–Crippen LogP) is 4.31. The fourth-order valence-corrected chi connectivity index (χ4v) is 3.41. The maximum Gasteiger partial charge on any atom is 0.573 e. The van der Waals surface area contributed by atoms with Gasteiger partial charge in [0.1, 0.15) is 11.6 Å². The second-order valence-corrected chi connectivity index (χ2v) is 6.15. The summed E-state index contributed by atoms with van der Waals surface area (Å²) in [5.74, 6) is -0.521. The molecule has 9 heteroatoms. The molecule has 25 heavy (non-hydrogen) atoms. The quantitative estimate of drug-likeness (QED) is 0.756. The molecule has 1 N–H and O–H groups in total. The second-order valence-electron chi connectivity index (χ2n) is 6.15. The van der Waals surface area contributed by atoms with Gasteiger partial charge in [0.25, 0.3) is 0 Å². The first-order valence-electron chi connectivity index (χ1n) is 7.94. The van der Waals surface area contributed by atoms with Crippen molar-refractivity contribution in [2.75, 3.05) is 26.2 Å². The Hall–Kier alpha value is -0.760. The molecule has 3 rings (SSSR count). The zero-order valence-corrected chi connectivity index (χ0v) is 15.2. The van der Waals surface area contributed by atoms with Crippen LogP contribution in [-0.4, -0.2) is 37.4 Å². The average Bonchev–Trinajstić information content (AvgIpc) is 2.44. The van der Waals surface area contributed by atoms with Crippen LogP contribution < -0.4 is 10.1 Å². The molecule has 0 radical (unpaired) electrons. The second kappa shape index (κ2) is 9.26. The van der Waals surface area contributed by atoms with Crippen LogP contribution in [0.3, 0.4) is 0 Å². The van der Waals surface area contributed by atoms with Crippen LogP contribution in [0.2, 0.25) is 0 Å². The van der Waals surface area contributed by atoms with Gasteiger partial charge in [-0.15, -0.1) is 38.0 Å². The molecule has 3 nitrogen and oxygen atoms in total. The summed E-state index contributed by atoms with van der Waals surface area (Å²) in [6.07, 6.45) is -1.71. The fraction of sp³-hybridized carbons (Fsp3) is 0.625. The van der Waals surface area contributed by atoms with Crippen molar-refractivity contribution < 1.29 is 22.3 Å². The zero-order chi connectivity index (χ0) is 16.4. The summed E-state index contributed by atoms with van der Waals surface area (Å²) in [4.78, 5) is 2.18. The van der Waals surface area contributed by atoms with Crippen molar-refractivity contribution in [3.63, 3.8) is 0 Å². The highest BCUT2D eigenvalue weighted by Gasteiger charge is 2.36. The van der Waals surface area contributed by atoms with Crippen molar-refractivity contribution in [2.24, 2.45) is 5.92 Å². The first kappa shape index (κ1) is 22.3. The SMILES string of the molecule is Cl.Cl.Fc1ccc(OC(F)(F)F)cc1[C@@H](C1CCC1)N1CCNCC1. The van der Waals surface area contributed by atoms with E-state index in [2.05, 4.69) is 15.0 Å². The number of ether oxygens (including phenoxy) is 1. The van der Waals surface area contributed by atoms with E-state index >= 15 is 0 Å². The molecule has 1 aromatic rings. The molecule has 144 valence electrons. The lowest BCUT2D eigenvalue weighted by Crippen LogP contribution is -2.48. The number of nitrogens with one attached hydrogen (secondary N) is 1. The van der Waals surface area contributed by atoms with Gasteiger partial charge in [-0.05, 0) is 37.0 Å². The lowest BCUT2D eigenvalue weighted by atomic mass is 9.76. The number of hydrogen-bond donors (Lipinski definition) is 1. The monoisotopic (exact) mass is 404 g/mol. The van der Waals surface area contributed by atoms with Gasteiger partial charge in [-0.1, -0.05) is 6.42 Å². The predicted molar refractivity (Wildman–Crippen MR) is 92.1 cm³/mol. The molecule has 2 aliphatic rings. The van der Waals surface area contributed by atoms with E-state index in [1.807, 2.05) is 0 Å². The van der Waals surface area contributed by atoms with E-state index < -0.39 is 12.2 Å². The summed E-state index contributed by atoms with van der Waals surface area (Å²) < 4.78 is 55.6. The van der Waals surface area contributed by atoms with Crippen LogP contribution >= 0.6 is 24.8 Å². The lowest BCUT2D eigenvalue weighted by molar-refractivity contribution is -0.274. The van der Waals surface area contributed by atoms with E-state index in [1.165, 1.54) is 6.07 Å². The molecule has 1 atom stereocenters. The molecular formula is C16H22Cl2F4N2O. The van der Waals surface area contributed by atoms with Crippen LogP contribution in [0, 0.1) is 11.7 Å². The van der Waals surface area contributed by atoms with Crippen molar-refractivity contribution in [1.82, 2.24) is 10.2 Å². The molecular weight excluding hydrogens is 383 g/mol. The van der Waals surface area contributed by atoms with Gasteiger partial charge in [0.2, 0.25) is 0 Å². The van der Waals surface area contributed by atoms with Crippen LogP contribution in [0.4, 0.5) is 17.6 Å². The van der Waals surface area contributed by atoms with Gasteiger partial charge in [0.05, 0.1) is 0 Å². The summed E-state index contributed by atoms with van der Waals surface area (Å²) in [5, 5.41) is 3.24. The third kappa shape index (κ3) is 5.61. The maximum atomic E-state index is 14.3. The largest absolute Gasteiger partial charge is 0.573 e. The summed E-state index contributed by atoms with van der Waals surface area (Å²) in [6, 6.07) is 3.14. The third-order valence-electron chi connectivity index (χ3n) is 4.66. The highest BCUT2D eigenvalue weighted by atomic mass is 35.5. The van der Waals surface area contributed by atoms with Crippen molar-refractivity contribution in [1.29, 1.82) is 0 Å². The van der Waals surface area contributed by atoms with Crippen LogP contribution in [0.25, 0.3) is 0 Å². The highest BCUT2D eigenvalue weighted by molar-refractivity contribution is 5.85. The summed E-state index contributed by atoms with van der Waals surface area (Å²) in [6.45, 7) is 3.16. The van der Waals surface area contributed by atoms with Crippen LogP contribution in [0.1, 0.15) is 30.9 Å². The smallest absolute Gasteiger partial charge is 0.406 e. The van der Waals surface area contributed by atoms with Crippen molar-refractivity contribution in [2.45, 2.75) is 31.7 Å². The standard InChI is InChI=1S/C16H20F4N2O.2ClH/c17-14-5-4-12(23-16(18,19)20)10-13(14)15(11-2-1-3-11)22-8-6-21-7-9-22;;/h4-5,10-11,15,21H,1-3,6-9H2;2*1H/t15-;;/m1../s1. The van der Waals surface area contributed by atoms with E-state index in [0.29, 0.717) is 11.5 Å². The van der Waals surface area contributed by atoms with E-state index in [9.17, 15) is 17.6 Å². The van der Waals surface area contributed by atoms with E-state index in [1.54, 1.807) is 0 Å². The molecule has 0 aromatic heterocycles. The van der Waals surface area contributed by atoms with Gasteiger partial charge in [-0.2, -0.15) is 0 Å². The topological polar surface area (TPSA) is 24.5 Å². The number of alkyl halides is 3. The van der Waals surface area contributed by atoms with Crippen molar-refractivity contribution in [3.05, 3.63) is 29.6 Å². The number of piperazine rings is 1. The van der Waals surface area contributed by atoms with Gasteiger partial charge in [0.15, 0.2) is 0 Å². The third-order valence-corrected chi connectivity index (χ3v) is 4.66. The molecule has 1 saturated heterocycles. The normalized spacial score (nSPS) is 20.0. The Labute approximate surface area is 156 Å². The first-order chi connectivity index (χ1) is 10.9.